The fourth-order valence-corrected chi connectivity index (χ4v) is 4.93. The van der Waals surface area contributed by atoms with E-state index in [0.717, 1.165) is 36.4 Å². The van der Waals surface area contributed by atoms with Gasteiger partial charge >= 0.3 is 0 Å². The first-order valence-electron chi connectivity index (χ1n) is 9.49. The fourth-order valence-electron chi connectivity index (χ4n) is 3.74. The predicted octanol–water partition coefficient (Wildman–Crippen LogP) is 5.72. The highest BCUT2D eigenvalue weighted by Crippen LogP contribution is 2.32. The first kappa shape index (κ1) is 19.0. The van der Waals surface area contributed by atoms with Crippen molar-refractivity contribution in [1.82, 2.24) is 9.55 Å². The van der Waals surface area contributed by atoms with Crippen molar-refractivity contribution in [3.63, 3.8) is 0 Å². The third-order valence-corrected chi connectivity index (χ3v) is 6.48. The van der Waals surface area contributed by atoms with Crippen molar-refractivity contribution in [2.45, 2.75) is 49.1 Å². The number of hydrogen-bond acceptors (Lipinski definition) is 4. The molecule has 4 rings (SSSR count). The minimum atomic E-state index is 0.0240. The average Bonchev–Trinajstić information content (AvgIpc) is 2.73. The Labute approximate surface area is 173 Å². The highest BCUT2D eigenvalue weighted by atomic mass is 35.5. The summed E-state index contributed by atoms with van der Waals surface area (Å²) in [7, 11) is 0. The van der Waals surface area contributed by atoms with Crippen LogP contribution in [0.2, 0.25) is 5.02 Å². The highest BCUT2D eigenvalue weighted by molar-refractivity contribution is 7.98. The molecule has 142 valence electrons. The Balaban J connectivity index is 1.73. The Bertz CT molecular complexity index is 1100. The number of thioether (sulfide) groups is 1. The third-order valence-electron chi connectivity index (χ3n) is 5.22. The number of aromatic nitrogens is 2. The van der Waals surface area contributed by atoms with E-state index in [2.05, 4.69) is 6.07 Å². The van der Waals surface area contributed by atoms with Crippen LogP contribution in [0.4, 0.5) is 0 Å². The van der Waals surface area contributed by atoms with Crippen molar-refractivity contribution < 1.29 is 0 Å². The summed E-state index contributed by atoms with van der Waals surface area (Å²) >= 11 is 7.70. The standard InChI is InChI=1S/C22H20ClN3OS/c23-17-10-11-19-20(12-17)25-22(26(21(19)27)18-4-2-1-3-5-18)28-14-16-8-6-15(13-24)7-9-16/h6-12,18H,1-5,14H2. The normalized spacial score (nSPS) is 14.9. The molecule has 0 aliphatic heterocycles. The van der Waals surface area contributed by atoms with Crippen molar-refractivity contribution in [1.29, 1.82) is 5.26 Å². The van der Waals surface area contributed by atoms with Gasteiger partial charge in [-0.3, -0.25) is 9.36 Å². The van der Waals surface area contributed by atoms with E-state index in [9.17, 15) is 4.79 Å². The molecular weight excluding hydrogens is 390 g/mol. The Morgan fingerprint density at radius 2 is 1.89 bits per heavy atom. The lowest BCUT2D eigenvalue weighted by Gasteiger charge is -2.26. The predicted molar refractivity (Wildman–Crippen MR) is 114 cm³/mol. The van der Waals surface area contributed by atoms with E-state index in [1.54, 1.807) is 30.0 Å². The number of nitriles is 1. The highest BCUT2D eigenvalue weighted by Gasteiger charge is 2.22. The minimum Gasteiger partial charge on any atom is -0.284 e. The van der Waals surface area contributed by atoms with Crippen LogP contribution in [0.3, 0.4) is 0 Å². The summed E-state index contributed by atoms with van der Waals surface area (Å²) in [5.41, 5.74) is 2.41. The van der Waals surface area contributed by atoms with Gasteiger partial charge in [-0.1, -0.05) is 54.8 Å². The molecule has 0 unspecified atom stereocenters. The number of rotatable bonds is 4. The first-order chi connectivity index (χ1) is 13.7. The van der Waals surface area contributed by atoms with Crippen LogP contribution in [0.25, 0.3) is 10.9 Å². The van der Waals surface area contributed by atoms with Crippen LogP contribution in [0.1, 0.15) is 49.3 Å². The summed E-state index contributed by atoms with van der Waals surface area (Å²) in [5.74, 6) is 0.691. The lowest BCUT2D eigenvalue weighted by molar-refractivity contribution is 0.326. The maximum absolute atomic E-state index is 13.3. The second kappa shape index (κ2) is 8.38. The summed E-state index contributed by atoms with van der Waals surface area (Å²) in [4.78, 5) is 18.1. The van der Waals surface area contributed by atoms with Gasteiger partial charge in [0.2, 0.25) is 0 Å². The van der Waals surface area contributed by atoms with Crippen LogP contribution < -0.4 is 5.56 Å². The molecule has 28 heavy (non-hydrogen) atoms. The van der Waals surface area contributed by atoms with Crippen molar-refractivity contribution in [2.24, 2.45) is 0 Å². The zero-order chi connectivity index (χ0) is 19.5. The summed E-state index contributed by atoms with van der Waals surface area (Å²) in [6, 6.07) is 15.2. The SMILES string of the molecule is N#Cc1ccc(CSc2nc3cc(Cl)ccc3c(=O)n2C2CCCCC2)cc1. The quantitative estimate of drug-likeness (QED) is 0.408. The van der Waals surface area contributed by atoms with Crippen molar-refractivity contribution in [3.05, 3.63) is 69.0 Å². The Morgan fingerprint density at radius 3 is 2.61 bits per heavy atom. The zero-order valence-electron chi connectivity index (χ0n) is 15.4. The molecule has 0 radical (unpaired) electrons. The molecule has 2 aromatic carbocycles. The lowest BCUT2D eigenvalue weighted by Crippen LogP contribution is -2.29. The Hall–Kier alpha value is -2.29. The molecule has 0 saturated heterocycles. The average molecular weight is 410 g/mol. The van der Waals surface area contributed by atoms with Crippen LogP contribution in [-0.4, -0.2) is 9.55 Å². The summed E-state index contributed by atoms with van der Waals surface area (Å²) in [6.45, 7) is 0. The van der Waals surface area contributed by atoms with Gasteiger partial charge in [-0.2, -0.15) is 5.26 Å². The van der Waals surface area contributed by atoms with E-state index in [0.29, 0.717) is 27.2 Å². The third kappa shape index (κ3) is 3.94. The van der Waals surface area contributed by atoms with E-state index < -0.39 is 0 Å². The van der Waals surface area contributed by atoms with Gasteiger partial charge in [0.05, 0.1) is 22.5 Å². The number of benzene rings is 2. The molecular formula is C22H20ClN3OS. The molecule has 1 aliphatic carbocycles. The monoisotopic (exact) mass is 409 g/mol. The van der Waals surface area contributed by atoms with Gasteiger partial charge in [0.25, 0.3) is 5.56 Å². The summed E-state index contributed by atoms with van der Waals surface area (Å²) in [5, 5.41) is 10.9. The molecule has 0 atom stereocenters. The van der Waals surface area contributed by atoms with E-state index in [1.165, 1.54) is 6.42 Å². The number of nitrogens with zero attached hydrogens (tertiary/aromatic N) is 3. The van der Waals surface area contributed by atoms with Gasteiger partial charge in [-0.25, -0.2) is 4.98 Å². The fraction of sp³-hybridized carbons (Fsp3) is 0.318. The molecule has 0 spiro atoms. The molecule has 4 nitrogen and oxygen atoms in total. The molecule has 0 amide bonds. The first-order valence-corrected chi connectivity index (χ1v) is 10.9. The maximum Gasteiger partial charge on any atom is 0.262 e. The Morgan fingerprint density at radius 1 is 1.14 bits per heavy atom. The van der Waals surface area contributed by atoms with E-state index in [-0.39, 0.29) is 11.6 Å². The van der Waals surface area contributed by atoms with Gasteiger partial charge in [0.1, 0.15) is 0 Å². The Kier molecular flexibility index (Phi) is 5.70. The summed E-state index contributed by atoms with van der Waals surface area (Å²) < 4.78 is 1.91. The number of fused-ring (bicyclic) bond motifs is 1. The molecule has 0 bridgehead atoms. The molecule has 3 aromatic rings. The van der Waals surface area contributed by atoms with Crippen LogP contribution in [0.5, 0.6) is 0 Å². The molecule has 1 aromatic heterocycles. The molecule has 0 N–H and O–H groups in total. The van der Waals surface area contributed by atoms with Gasteiger partial charge < -0.3 is 0 Å². The molecule has 6 heteroatoms. The van der Waals surface area contributed by atoms with Crippen LogP contribution in [0, 0.1) is 11.3 Å². The molecule has 1 fully saturated rings. The summed E-state index contributed by atoms with van der Waals surface area (Å²) in [6.07, 6.45) is 5.57. The molecule has 1 saturated carbocycles. The largest absolute Gasteiger partial charge is 0.284 e. The van der Waals surface area contributed by atoms with Crippen molar-refractivity contribution in [3.8, 4) is 6.07 Å². The number of halogens is 1. The van der Waals surface area contributed by atoms with Crippen LogP contribution in [0.15, 0.2) is 52.4 Å². The maximum atomic E-state index is 13.3. The smallest absolute Gasteiger partial charge is 0.262 e. The van der Waals surface area contributed by atoms with Gasteiger partial charge in [-0.05, 0) is 48.7 Å². The topological polar surface area (TPSA) is 58.7 Å². The minimum absolute atomic E-state index is 0.0240. The number of hydrogen-bond donors (Lipinski definition) is 0. The van der Waals surface area contributed by atoms with Gasteiger partial charge in [0, 0.05) is 16.8 Å². The van der Waals surface area contributed by atoms with Crippen LogP contribution in [-0.2, 0) is 5.75 Å². The molecule has 1 aliphatic rings. The van der Waals surface area contributed by atoms with Gasteiger partial charge in [0.15, 0.2) is 5.16 Å². The van der Waals surface area contributed by atoms with Crippen molar-refractivity contribution >= 4 is 34.3 Å². The molecule has 1 heterocycles. The van der Waals surface area contributed by atoms with Crippen molar-refractivity contribution in [2.75, 3.05) is 0 Å². The zero-order valence-corrected chi connectivity index (χ0v) is 17.0. The van der Waals surface area contributed by atoms with E-state index in [1.807, 2.05) is 28.8 Å². The van der Waals surface area contributed by atoms with E-state index in [4.69, 9.17) is 21.8 Å². The van der Waals surface area contributed by atoms with E-state index >= 15 is 0 Å². The second-order valence-electron chi connectivity index (χ2n) is 7.12. The van der Waals surface area contributed by atoms with Crippen LogP contribution >= 0.6 is 23.4 Å². The lowest BCUT2D eigenvalue weighted by atomic mass is 9.95. The van der Waals surface area contributed by atoms with Gasteiger partial charge in [-0.15, -0.1) is 0 Å². The second-order valence-corrected chi connectivity index (χ2v) is 8.50.